The van der Waals surface area contributed by atoms with Crippen LogP contribution in [0.1, 0.15) is 29.6 Å². The standard InChI is InChI=1S/C14H20N4O3/c1-21-14(20)10-4-6-16-13(12(10)15)17-7-5-11(19)18-8-2-3-9-18/h4,6H,2-3,5,7-9,15H2,1H3,(H,16,17). The molecule has 1 fully saturated rings. The molecule has 7 nitrogen and oxygen atoms in total. The lowest BCUT2D eigenvalue weighted by atomic mass is 10.2. The fourth-order valence-corrected chi connectivity index (χ4v) is 2.31. The number of likely N-dealkylation sites (tertiary alicyclic amines) is 1. The summed E-state index contributed by atoms with van der Waals surface area (Å²) in [5.41, 5.74) is 6.38. The van der Waals surface area contributed by atoms with Crippen LogP contribution >= 0.6 is 0 Å². The fraction of sp³-hybridized carbons (Fsp3) is 0.500. The third-order valence-electron chi connectivity index (χ3n) is 3.49. The van der Waals surface area contributed by atoms with Crippen molar-refractivity contribution in [3.63, 3.8) is 0 Å². The Labute approximate surface area is 123 Å². The van der Waals surface area contributed by atoms with E-state index in [2.05, 4.69) is 15.0 Å². The number of methoxy groups -OCH3 is 1. The Bertz CT molecular complexity index is 527. The topological polar surface area (TPSA) is 97.5 Å². The van der Waals surface area contributed by atoms with Crippen LogP contribution in [0.4, 0.5) is 11.5 Å². The van der Waals surface area contributed by atoms with Crippen molar-refractivity contribution >= 4 is 23.4 Å². The number of amides is 1. The molecule has 2 rings (SSSR count). The average Bonchev–Trinajstić information content (AvgIpc) is 3.02. The molecule has 0 aromatic carbocycles. The van der Waals surface area contributed by atoms with Gasteiger partial charge in [0.15, 0.2) is 0 Å². The first kappa shape index (κ1) is 15.1. The summed E-state index contributed by atoms with van der Waals surface area (Å²) in [4.78, 5) is 29.4. The van der Waals surface area contributed by atoms with E-state index in [9.17, 15) is 9.59 Å². The van der Waals surface area contributed by atoms with Gasteiger partial charge in [0, 0.05) is 32.3 Å². The maximum atomic E-state index is 11.9. The third-order valence-corrected chi connectivity index (χ3v) is 3.49. The quantitative estimate of drug-likeness (QED) is 0.782. The molecule has 0 atom stereocenters. The molecular weight excluding hydrogens is 272 g/mol. The Morgan fingerprint density at radius 1 is 1.43 bits per heavy atom. The monoisotopic (exact) mass is 292 g/mol. The van der Waals surface area contributed by atoms with E-state index >= 15 is 0 Å². The van der Waals surface area contributed by atoms with Gasteiger partial charge in [-0.05, 0) is 18.9 Å². The highest BCUT2D eigenvalue weighted by molar-refractivity contribution is 5.97. The highest BCUT2D eigenvalue weighted by Crippen LogP contribution is 2.20. The number of ether oxygens (including phenoxy) is 1. The number of nitrogen functional groups attached to an aromatic ring is 1. The first-order chi connectivity index (χ1) is 10.1. The molecule has 114 valence electrons. The van der Waals surface area contributed by atoms with E-state index in [0.29, 0.717) is 18.8 Å². The van der Waals surface area contributed by atoms with Gasteiger partial charge in [-0.15, -0.1) is 0 Å². The van der Waals surface area contributed by atoms with Gasteiger partial charge >= 0.3 is 5.97 Å². The molecule has 1 aliphatic rings. The summed E-state index contributed by atoms with van der Waals surface area (Å²) in [6.07, 6.45) is 4.01. The fourth-order valence-electron chi connectivity index (χ4n) is 2.31. The van der Waals surface area contributed by atoms with Gasteiger partial charge in [-0.3, -0.25) is 4.79 Å². The van der Waals surface area contributed by atoms with Gasteiger partial charge in [0.25, 0.3) is 0 Å². The van der Waals surface area contributed by atoms with Crippen LogP contribution in [-0.2, 0) is 9.53 Å². The minimum absolute atomic E-state index is 0.127. The summed E-state index contributed by atoms with van der Waals surface area (Å²) < 4.78 is 4.65. The Kier molecular flexibility index (Phi) is 4.97. The van der Waals surface area contributed by atoms with Gasteiger partial charge < -0.3 is 20.7 Å². The minimum Gasteiger partial charge on any atom is -0.465 e. The largest absolute Gasteiger partial charge is 0.465 e. The molecule has 21 heavy (non-hydrogen) atoms. The summed E-state index contributed by atoms with van der Waals surface area (Å²) in [6, 6.07) is 1.50. The average molecular weight is 292 g/mol. The molecule has 0 spiro atoms. The van der Waals surface area contributed by atoms with Crippen molar-refractivity contribution in [2.45, 2.75) is 19.3 Å². The van der Waals surface area contributed by atoms with Gasteiger partial charge in [0.2, 0.25) is 5.91 Å². The highest BCUT2D eigenvalue weighted by Gasteiger charge is 2.18. The molecule has 1 amide bonds. The molecule has 7 heteroatoms. The summed E-state index contributed by atoms with van der Waals surface area (Å²) in [5.74, 6) is 0.0147. The molecule has 1 aliphatic heterocycles. The Morgan fingerprint density at radius 3 is 2.81 bits per heavy atom. The predicted molar refractivity (Wildman–Crippen MR) is 78.9 cm³/mol. The molecule has 0 unspecified atom stereocenters. The third kappa shape index (κ3) is 3.62. The number of nitrogens with one attached hydrogen (secondary N) is 1. The SMILES string of the molecule is COC(=O)c1ccnc(NCCC(=O)N2CCCC2)c1N. The maximum absolute atomic E-state index is 11.9. The van der Waals surface area contributed by atoms with E-state index in [0.717, 1.165) is 25.9 Å². The highest BCUT2D eigenvalue weighted by atomic mass is 16.5. The summed E-state index contributed by atoms with van der Waals surface area (Å²) in [6.45, 7) is 2.12. The molecule has 0 aliphatic carbocycles. The summed E-state index contributed by atoms with van der Waals surface area (Å²) in [5, 5.41) is 3.00. The van der Waals surface area contributed by atoms with E-state index in [4.69, 9.17) is 5.73 Å². The molecule has 1 aromatic rings. The first-order valence-corrected chi connectivity index (χ1v) is 6.98. The second-order valence-corrected chi connectivity index (χ2v) is 4.88. The van der Waals surface area contributed by atoms with Crippen LogP contribution in [0, 0.1) is 0 Å². The Balaban J connectivity index is 1.91. The number of anilines is 2. The number of hydrogen-bond donors (Lipinski definition) is 2. The number of nitrogens with two attached hydrogens (primary N) is 1. The van der Waals surface area contributed by atoms with Gasteiger partial charge in [-0.25, -0.2) is 9.78 Å². The second kappa shape index (κ2) is 6.92. The predicted octanol–water partition coefficient (Wildman–Crippen LogP) is 0.875. The van der Waals surface area contributed by atoms with Crippen molar-refractivity contribution in [1.82, 2.24) is 9.88 Å². The minimum atomic E-state index is -0.508. The number of esters is 1. The van der Waals surface area contributed by atoms with Gasteiger partial charge in [0.1, 0.15) is 5.82 Å². The van der Waals surface area contributed by atoms with Crippen molar-refractivity contribution in [2.24, 2.45) is 0 Å². The molecular formula is C14H20N4O3. The summed E-state index contributed by atoms with van der Waals surface area (Å²) in [7, 11) is 1.30. The second-order valence-electron chi connectivity index (χ2n) is 4.88. The lowest BCUT2D eigenvalue weighted by molar-refractivity contribution is -0.129. The van der Waals surface area contributed by atoms with Crippen LogP contribution in [-0.4, -0.2) is 48.5 Å². The van der Waals surface area contributed by atoms with Gasteiger partial charge in [-0.1, -0.05) is 0 Å². The van der Waals surface area contributed by atoms with Crippen molar-refractivity contribution in [1.29, 1.82) is 0 Å². The normalized spacial score (nSPS) is 14.0. The van der Waals surface area contributed by atoms with E-state index < -0.39 is 5.97 Å². The zero-order valence-electron chi connectivity index (χ0n) is 12.1. The summed E-state index contributed by atoms with van der Waals surface area (Å²) >= 11 is 0. The van der Waals surface area contributed by atoms with Crippen LogP contribution < -0.4 is 11.1 Å². The van der Waals surface area contributed by atoms with Crippen LogP contribution in [0.3, 0.4) is 0 Å². The number of aromatic nitrogens is 1. The molecule has 1 saturated heterocycles. The molecule has 1 aromatic heterocycles. The molecule has 3 N–H and O–H groups in total. The molecule has 2 heterocycles. The number of carbonyl (C=O) groups excluding carboxylic acids is 2. The maximum Gasteiger partial charge on any atom is 0.340 e. The van der Waals surface area contributed by atoms with Crippen LogP contribution in [0.25, 0.3) is 0 Å². The van der Waals surface area contributed by atoms with Crippen molar-refractivity contribution < 1.29 is 14.3 Å². The van der Waals surface area contributed by atoms with Crippen LogP contribution in [0.5, 0.6) is 0 Å². The number of nitrogens with zero attached hydrogens (tertiary/aromatic N) is 2. The molecule has 0 radical (unpaired) electrons. The van der Waals surface area contributed by atoms with Crippen LogP contribution in [0.15, 0.2) is 12.3 Å². The van der Waals surface area contributed by atoms with E-state index in [1.165, 1.54) is 19.4 Å². The lowest BCUT2D eigenvalue weighted by Crippen LogP contribution is -2.29. The van der Waals surface area contributed by atoms with Crippen LogP contribution in [0.2, 0.25) is 0 Å². The smallest absolute Gasteiger partial charge is 0.340 e. The number of carbonyl (C=O) groups is 2. The van der Waals surface area contributed by atoms with E-state index in [1.54, 1.807) is 0 Å². The van der Waals surface area contributed by atoms with Crippen molar-refractivity contribution in [2.75, 3.05) is 37.8 Å². The van der Waals surface area contributed by atoms with Crippen molar-refractivity contribution in [3.8, 4) is 0 Å². The molecule has 0 bridgehead atoms. The number of rotatable bonds is 5. The lowest BCUT2D eigenvalue weighted by Gasteiger charge is -2.16. The van der Waals surface area contributed by atoms with Gasteiger partial charge in [0.05, 0.1) is 18.4 Å². The van der Waals surface area contributed by atoms with E-state index in [1.807, 2.05) is 4.90 Å². The van der Waals surface area contributed by atoms with Crippen molar-refractivity contribution in [3.05, 3.63) is 17.8 Å². The number of hydrogen-bond acceptors (Lipinski definition) is 6. The molecule has 0 saturated carbocycles. The zero-order chi connectivity index (χ0) is 15.2. The van der Waals surface area contributed by atoms with Gasteiger partial charge in [-0.2, -0.15) is 0 Å². The number of pyridine rings is 1. The first-order valence-electron chi connectivity index (χ1n) is 6.98. The Morgan fingerprint density at radius 2 is 2.14 bits per heavy atom. The Hall–Kier alpha value is -2.31. The zero-order valence-corrected chi connectivity index (χ0v) is 12.1. The van der Waals surface area contributed by atoms with E-state index in [-0.39, 0.29) is 17.2 Å².